The second-order valence-electron chi connectivity index (χ2n) is 5.33. The Morgan fingerprint density at radius 2 is 1.65 bits per heavy atom. The first kappa shape index (κ1) is 16.0. The Morgan fingerprint density at radius 3 is 2.26 bits per heavy atom. The van der Waals surface area contributed by atoms with Gasteiger partial charge < -0.3 is 5.32 Å². The van der Waals surface area contributed by atoms with E-state index in [2.05, 4.69) is 52.4 Å². The summed E-state index contributed by atoms with van der Waals surface area (Å²) in [6.45, 7) is 2.06. The van der Waals surface area contributed by atoms with Gasteiger partial charge >= 0.3 is 0 Å². The highest BCUT2D eigenvalue weighted by atomic mass is 79.9. The molecule has 2 aromatic carbocycles. The van der Waals surface area contributed by atoms with E-state index < -0.39 is 0 Å². The second-order valence-corrected chi connectivity index (χ2v) is 7.10. The van der Waals surface area contributed by atoms with Crippen molar-refractivity contribution in [3.63, 3.8) is 0 Å². The van der Waals surface area contributed by atoms with E-state index in [9.17, 15) is 4.79 Å². The van der Waals surface area contributed by atoms with Crippen LogP contribution < -0.4 is 5.32 Å². The van der Waals surface area contributed by atoms with E-state index in [1.54, 1.807) is 0 Å². The van der Waals surface area contributed by atoms with Gasteiger partial charge in [-0.2, -0.15) is 0 Å². The Labute approximate surface area is 148 Å². The van der Waals surface area contributed by atoms with Crippen molar-refractivity contribution in [2.45, 2.75) is 13.0 Å². The summed E-state index contributed by atoms with van der Waals surface area (Å²) in [4.78, 5) is 13.3. The number of hydrogen-bond donors (Lipinski definition) is 1. The lowest BCUT2D eigenvalue weighted by atomic mass is 9.98. The number of thiophene rings is 1. The van der Waals surface area contributed by atoms with Gasteiger partial charge in [-0.1, -0.05) is 60.2 Å². The van der Waals surface area contributed by atoms with Crippen LogP contribution in [-0.2, 0) is 0 Å². The van der Waals surface area contributed by atoms with Crippen molar-refractivity contribution in [1.29, 1.82) is 0 Å². The van der Waals surface area contributed by atoms with Gasteiger partial charge in [0.25, 0.3) is 5.91 Å². The fraction of sp³-hybridized carbons (Fsp3) is 0.105. The number of nitrogens with one attached hydrogen (secondary N) is 1. The fourth-order valence-corrected chi connectivity index (χ4v) is 3.87. The van der Waals surface area contributed by atoms with Crippen molar-refractivity contribution < 1.29 is 4.79 Å². The van der Waals surface area contributed by atoms with E-state index in [0.717, 1.165) is 15.6 Å². The Hall–Kier alpha value is -1.91. The van der Waals surface area contributed by atoms with Gasteiger partial charge in [-0.25, -0.2) is 0 Å². The van der Waals surface area contributed by atoms with Crippen LogP contribution in [0.1, 0.15) is 32.4 Å². The van der Waals surface area contributed by atoms with Crippen molar-refractivity contribution in [3.8, 4) is 0 Å². The molecule has 23 heavy (non-hydrogen) atoms. The molecule has 3 rings (SSSR count). The highest BCUT2D eigenvalue weighted by Gasteiger charge is 2.19. The third-order valence-electron chi connectivity index (χ3n) is 3.64. The van der Waals surface area contributed by atoms with Crippen molar-refractivity contribution in [2.75, 3.05) is 0 Å². The molecule has 0 fully saturated rings. The lowest BCUT2D eigenvalue weighted by Gasteiger charge is -2.20. The lowest BCUT2D eigenvalue weighted by molar-refractivity contribution is 0.0946. The minimum Gasteiger partial charge on any atom is -0.340 e. The zero-order valence-electron chi connectivity index (χ0n) is 12.6. The van der Waals surface area contributed by atoms with Gasteiger partial charge in [-0.15, -0.1) is 11.3 Å². The van der Waals surface area contributed by atoms with Gasteiger partial charge in [-0.05, 0) is 45.4 Å². The molecule has 0 bridgehead atoms. The van der Waals surface area contributed by atoms with E-state index in [4.69, 9.17) is 0 Å². The predicted octanol–water partition coefficient (Wildman–Crippen LogP) is 5.34. The van der Waals surface area contributed by atoms with Crippen LogP contribution >= 0.6 is 27.3 Å². The standard InChI is InChI=1S/C19H16BrNOS/c1-13-7-9-15(10-8-13)17(14-5-3-2-4-6-14)21-19(22)18-16(20)11-12-23-18/h2-12,17H,1H3,(H,21,22). The molecule has 0 aliphatic carbocycles. The van der Waals surface area contributed by atoms with E-state index >= 15 is 0 Å². The molecule has 0 saturated heterocycles. The molecule has 1 N–H and O–H groups in total. The molecule has 1 unspecified atom stereocenters. The number of carbonyl (C=O) groups is 1. The van der Waals surface area contributed by atoms with Crippen LogP contribution in [0.5, 0.6) is 0 Å². The van der Waals surface area contributed by atoms with Crippen LogP contribution in [0.3, 0.4) is 0 Å². The number of hydrogen-bond acceptors (Lipinski definition) is 2. The molecule has 0 spiro atoms. The average Bonchev–Trinajstić information content (AvgIpc) is 3.00. The molecule has 0 aliphatic heterocycles. The van der Waals surface area contributed by atoms with Crippen LogP contribution in [0.15, 0.2) is 70.5 Å². The molecule has 1 atom stereocenters. The average molecular weight is 386 g/mol. The van der Waals surface area contributed by atoms with Crippen molar-refractivity contribution in [1.82, 2.24) is 5.32 Å². The van der Waals surface area contributed by atoms with Crippen LogP contribution in [0.2, 0.25) is 0 Å². The summed E-state index contributed by atoms with van der Waals surface area (Å²) in [5.41, 5.74) is 3.34. The molecule has 0 saturated carbocycles. The molecule has 0 radical (unpaired) electrons. The first-order valence-corrected chi connectivity index (χ1v) is 8.98. The number of aryl methyl sites for hydroxylation is 1. The predicted molar refractivity (Wildman–Crippen MR) is 98.9 cm³/mol. The highest BCUT2D eigenvalue weighted by Crippen LogP contribution is 2.26. The maximum absolute atomic E-state index is 12.6. The Kier molecular flexibility index (Phi) is 4.94. The van der Waals surface area contributed by atoms with Gasteiger partial charge in [0.05, 0.1) is 6.04 Å². The smallest absolute Gasteiger partial charge is 0.263 e. The fourth-order valence-electron chi connectivity index (χ4n) is 2.42. The molecular formula is C19H16BrNOS. The van der Waals surface area contributed by atoms with Crippen molar-refractivity contribution in [2.24, 2.45) is 0 Å². The molecule has 2 nitrogen and oxygen atoms in total. The molecule has 1 heterocycles. The topological polar surface area (TPSA) is 29.1 Å². The number of amides is 1. The van der Waals surface area contributed by atoms with Gasteiger partial charge in [0.1, 0.15) is 4.88 Å². The Bertz CT molecular complexity index is 796. The molecule has 1 amide bonds. The Balaban J connectivity index is 1.94. The quantitative estimate of drug-likeness (QED) is 0.645. The van der Waals surface area contributed by atoms with Crippen LogP contribution in [0, 0.1) is 6.92 Å². The van der Waals surface area contributed by atoms with Gasteiger partial charge in [0.15, 0.2) is 0 Å². The summed E-state index contributed by atoms with van der Waals surface area (Å²) in [5, 5.41) is 5.06. The molecule has 116 valence electrons. The third-order valence-corrected chi connectivity index (χ3v) is 5.48. The normalized spacial score (nSPS) is 11.9. The summed E-state index contributed by atoms with van der Waals surface area (Å²) >= 11 is 4.86. The summed E-state index contributed by atoms with van der Waals surface area (Å²) in [7, 11) is 0. The third kappa shape index (κ3) is 3.71. The molecule has 3 aromatic rings. The summed E-state index contributed by atoms with van der Waals surface area (Å²) in [6, 6.07) is 20.0. The SMILES string of the molecule is Cc1ccc(C(NC(=O)c2sccc2Br)c2ccccc2)cc1. The maximum Gasteiger partial charge on any atom is 0.263 e. The van der Waals surface area contributed by atoms with E-state index in [1.165, 1.54) is 16.9 Å². The van der Waals surface area contributed by atoms with Crippen LogP contribution in [0.25, 0.3) is 0 Å². The summed E-state index contributed by atoms with van der Waals surface area (Å²) in [6.07, 6.45) is 0. The van der Waals surface area contributed by atoms with Gasteiger partial charge in [-0.3, -0.25) is 4.79 Å². The zero-order valence-corrected chi connectivity index (χ0v) is 15.0. The first-order valence-electron chi connectivity index (χ1n) is 7.30. The van der Waals surface area contributed by atoms with Crippen molar-refractivity contribution in [3.05, 3.63) is 92.1 Å². The minimum atomic E-state index is -0.168. The zero-order chi connectivity index (χ0) is 16.2. The minimum absolute atomic E-state index is 0.0682. The van der Waals surface area contributed by atoms with E-state index in [1.807, 2.05) is 41.8 Å². The van der Waals surface area contributed by atoms with Gasteiger partial charge in [0, 0.05) is 4.47 Å². The number of rotatable bonds is 4. The van der Waals surface area contributed by atoms with Gasteiger partial charge in [0.2, 0.25) is 0 Å². The first-order chi connectivity index (χ1) is 11.1. The molecule has 1 aromatic heterocycles. The van der Waals surface area contributed by atoms with E-state index in [0.29, 0.717) is 4.88 Å². The van der Waals surface area contributed by atoms with Crippen molar-refractivity contribution >= 4 is 33.2 Å². The summed E-state index contributed by atoms with van der Waals surface area (Å²) < 4.78 is 0.829. The molecular weight excluding hydrogens is 370 g/mol. The number of halogens is 1. The van der Waals surface area contributed by atoms with Crippen LogP contribution in [0.4, 0.5) is 0 Å². The van der Waals surface area contributed by atoms with Crippen LogP contribution in [-0.4, -0.2) is 5.91 Å². The second kappa shape index (κ2) is 7.11. The Morgan fingerprint density at radius 1 is 1.00 bits per heavy atom. The van der Waals surface area contributed by atoms with E-state index in [-0.39, 0.29) is 11.9 Å². The highest BCUT2D eigenvalue weighted by molar-refractivity contribution is 9.10. The largest absolute Gasteiger partial charge is 0.340 e. The molecule has 4 heteroatoms. The molecule has 0 aliphatic rings. The maximum atomic E-state index is 12.6. The monoisotopic (exact) mass is 385 g/mol. The number of benzene rings is 2. The lowest BCUT2D eigenvalue weighted by Crippen LogP contribution is -2.29. The summed E-state index contributed by atoms with van der Waals surface area (Å²) in [5.74, 6) is -0.0682. The number of carbonyl (C=O) groups excluding carboxylic acids is 1.